The number of rotatable bonds is 4. The second-order valence-corrected chi connectivity index (χ2v) is 6.65. The van der Waals surface area contributed by atoms with Crippen molar-refractivity contribution in [3.8, 4) is 0 Å². The van der Waals surface area contributed by atoms with Crippen LogP contribution < -0.4 is 5.73 Å². The van der Waals surface area contributed by atoms with E-state index in [1.54, 1.807) is 11.8 Å². The standard InChI is InChI=1S/C15H22N2S2/c1-11-7-9-17(10-8-11)14(15(16)18)12-3-5-13(19-2)6-4-12/h3-6,11,14H,7-10H2,1-2H3,(H2,16,18). The maximum absolute atomic E-state index is 5.99. The van der Waals surface area contributed by atoms with E-state index < -0.39 is 0 Å². The van der Waals surface area contributed by atoms with Gasteiger partial charge in [0.1, 0.15) is 0 Å². The van der Waals surface area contributed by atoms with Crippen molar-refractivity contribution in [3.63, 3.8) is 0 Å². The largest absolute Gasteiger partial charge is 0.392 e. The van der Waals surface area contributed by atoms with Crippen molar-refractivity contribution in [2.24, 2.45) is 11.7 Å². The Morgan fingerprint density at radius 1 is 1.32 bits per heavy atom. The zero-order chi connectivity index (χ0) is 13.8. The van der Waals surface area contributed by atoms with Gasteiger partial charge in [-0.15, -0.1) is 11.8 Å². The summed E-state index contributed by atoms with van der Waals surface area (Å²) >= 11 is 7.06. The Hall–Kier alpha value is -0.580. The molecule has 0 aromatic heterocycles. The van der Waals surface area contributed by atoms with Crippen molar-refractivity contribution < 1.29 is 0 Å². The minimum Gasteiger partial charge on any atom is -0.392 e. The van der Waals surface area contributed by atoms with Crippen LogP contribution >= 0.6 is 24.0 Å². The Kier molecular flexibility index (Phi) is 5.25. The molecule has 4 heteroatoms. The molecule has 1 aromatic carbocycles. The van der Waals surface area contributed by atoms with E-state index in [0.29, 0.717) is 4.99 Å². The van der Waals surface area contributed by atoms with Gasteiger partial charge in [0.05, 0.1) is 11.0 Å². The van der Waals surface area contributed by atoms with Gasteiger partial charge in [0.2, 0.25) is 0 Å². The number of hydrogen-bond acceptors (Lipinski definition) is 3. The van der Waals surface area contributed by atoms with Gasteiger partial charge in [-0.3, -0.25) is 4.90 Å². The van der Waals surface area contributed by atoms with Crippen LogP contribution in [0.3, 0.4) is 0 Å². The highest BCUT2D eigenvalue weighted by molar-refractivity contribution is 7.98. The molecule has 0 aliphatic carbocycles. The summed E-state index contributed by atoms with van der Waals surface area (Å²) in [6, 6.07) is 8.72. The molecule has 0 spiro atoms. The molecule has 0 bridgehead atoms. The molecule has 0 amide bonds. The SMILES string of the molecule is CSc1ccc(C(C(N)=S)N2CCC(C)CC2)cc1. The zero-order valence-corrected chi connectivity index (χ0v) is 13.3. The molecule has 1 fully saturated rings. The summed E-state index contributed by atoms with van der Waals surface area (Å²) in [5.41, 5.74) is 7.21. The molecule has 1 atom stereocenters. The van der Waals surface area contributed by atoms with Crippen LogP contribution in [0.25, 0.3) is 0 Å². The molecule has 0 radical (unpaired) electrons. The predicted octanol–water partition coefficient (Wildman–Crippen LogP) is 3.47. The maximum Gasteiger partial charge on any atom is 0.0948 e. The van der Waals surface area contributed by atoms with Crippen LogP contribution in [0.5, 0.6) is 0 Å². The zero-order valence-electron chi connectivity index (χ0n) is 11.6. The molecular formula is C15H22N2S2. The fraction of sp³-hybridized carbons (Fsp3) is 0.533. The first-order chi connectivity index (χ1) is 9.11. The molecule has 1 aliphatic rings. The molecule has 1 heterocycles. The molecule has 2 nitrogen and oxygen atoms in total. The van der Waals surface area contributed by atoms with Crippen LogP contribution in [-0.2, 0) is 0 Å². The third kappa shape index (κ3) is 3.71. The summed E-state index contributed by atoms with van der Waals surface area (Å²) in [4.78, 5) is 4.29. The lowest BCUT2D eigenvalue weighted by Gasteiger charge is -2.36. The van der Waals surface area contributed by atoms with Gasteiger partial charge in [0.15, 0.2) is 0 Å². The lowest BCUT2D eigenvalue weighted by Crippen LogP contribution is -2.41. The molecular weight excluding hydrogens is 272 g/mol. The summed E-state index contributed by atoms with van der Waals surface area (Å²) in [5.74, 6) is 0.821. The average molecular weight is 294 g/mol. The maximum atomic E-state index is 5.99. The molecule has 1 aliphatic heterocycles. The number of benzene rings is 1. The van der Waals surface area contributed by atoms with Crippen LogP contribution in [0.2, 0.25) is 0 Å². The Bertz CT molecular complexity index is 422. The minimum absolute atomic E-state index is 0.0957. The molecule has 1 unspecified atom stereocenters. The van der Waals surface area contributed by atoms with E-state index in [2.05, 4.69) is 42.3 Å². The van der Waals surface area contributed by atoms with Crippen molar-refractivity contribution in [2.45, 2.75) is 30.7 Å². The number of nitrogens with two attached hydrogens (primary N) is 1. The van der Waals surface area contributed by atoms with Crippen LogP contribution in [-0.4, -0.2) is 29.2 Å². The quantitative estimate of drug-likeness (QED) is 0.680. The summed E-state index contributed by atoms with van der Waals surface area (Å²) in [7, 11) is 0. The van der Waals surface area contributed by atoms with E-state index >= 15 is 0 Å². The first-order valence-electron chi connectivity index (χ1n) is 6.79. The number of thiocarbonyl (C=S) groups is 1. The summed E-state index contributed by atoms with van der Waals surface area (Å²) in [6.07, 6.45) is 4.57. The minimum atomic E-state index is 0.0957. The van der Waals surface area contributed by atoms with E-state index in [4.69, 9.17) is 18.0 Å². The molecule has 104 valence electrons. The molecule has 2 N–H and O–H groups in total. The van der Waals surface area contributed by atoms with Crippen molar-refractivity contribution in [2.75, 3.05) is 19.3 Å². The third-order valence-electron chi connectivity index (χ3n) is 3.88. The second kappa shape index (κ2) is 6.73. The molecule has 1 aromatic rings. The number of thioether (sulfide) groups is 1. The number of hydrogen-bond donors (Lipinski definition) is 1. The summed E-state index contributed by atoms with van der Waals surface area (Å²) in [5, 5.41) is 0. The van der Waals surface area contributed by atoms with Crippen LogP contribution in [0, 0.1) is 5.92 Å². The molecule has 0 saturated carbocycles. The van der Waals surface area contributed by atoms with Gasteiger partial charge in [-0.1, -0.05) is 31.3 Å². The van der Waals surface area contributed by atoms with E-state index in [1.807, 2.05) is 0 Å². The van der Waals surface area contributed by atoms with Gasteiger partial charge in [-0.05, 0) is 55.8 Å². The van der Waals surface area contributed by atoms with Gasteiger partial charge < -0.3 is 5.73 Å². The first-order valence-corrected chi connectivity index (χ1v) is 8.42. The highest BCUT2D eigenvalue weighted by Gasteiger charge is 2.26. The molecule has 19 heavy (non-hydrogen) atoms. The van der Waals surface area contributed by atoms with Crippen molar-refractivity contribution >= 4 is 29.0 Å². The van der Waals surface area contributed by atoms with Crippen molar-refractivity contribution in [1.29, 1.82) is 0 Å². The fourth-order valence-electron chi connectivity index (χ4n) is 2.63. The van der Waals surface area contributed by atoms with Crippen molar-refractivity contribution in [1.82, 2.24) is 4.90 Å². The lowest BCUT2D eigenvalue weighted by molar-refractivity contribution is 0.171. The number of likely N-dealkylation sites (tertiary alicyclic amines) is 1. The fourth-order valence-corrected chi connectivity index (χ4v) is 3.32. The second-order valence-electron chi connectivity index (χ2n) is 5.30. The first kappa shape index (κ1) is 14.8. The van der Waals surface area contributed by atoms with Crippen LogP contribution in [0.1, 0.15) is 31.4 Å². The van der Waals surface area contributed by atoms with Gasteiger partial charge >= 0.3 is 0 Å². The van der Waals surface area contributed by atoms with Gasteiger partial charge in [0.25, 0.3) is 0 Å². The topological polar surface area (TPSA) is 29.3 Å². The van der Waals surface area contributed by atoms with Crippen LogP contribution in [0.15, 0.2) is 29.2 Å². The van der Waals surface area contributed by atoms with E-state index in [1.165, 1.54) is 23.3 Å². The number of nitrogens with zero attached hydrogens (tertiary/aromatic N) is 1. The Balaban J connectivity index is 2.17. The van der Waals surface area contributed by atoms with Gasteiger partial charge in [-0.2, -0.15) is 0 Å². The van der Waals surface area contributed by atoms with Crippen LogP contribution in [0.4, 0.5) is 0 Å². The van der Waals surface area contributed by atoms with E-state index in [-0.39, 0.29) is 6.04 Å². The smallest absolute Gasteiger partial charge is 0.0948 e. The third-order valence-corrected chi connectivity index (χ3v) is 4.85. The summed E-state index contributed by atoms with van der Waals surface area (Å²) < 4.78 is 0. The molecule has 1 saturated heterocycles. The van der Waals surface area contributed by atoms with Gasteiger partial charge in [0, 0.05) is 4.90 Å². The highest BCUT2D eigenvalue weighted by Crippen LogP contribution is 2.28. The van der Waals surface area contributed by atoms with E-state index in [9.17, 15) is 0 Å². The Labute approximate surface area is 125 Å². The van der Waals surface area contributed by atoms with E-state index in [0.717, 1.165) is 19.0 Å². The van der Waals surface area contributed by atoms with Crippen molar-refractivity contribution in [3.05, 3.63) is 29.8 Å². The Morgan fingerprint density at radius 3 is 2.37 bits per heavy atom. The Morgan fingerprint density at radius 2 is 1.89 bits per heavy atom. The normalized spacial score (nSPS) is 19.3. The average Bonchev–Trinajstić information content (AvgIpc) is 2.42. The lowest BCUT2D eigenvalue weighted by atomic mass is 9.96. The van der Waals surface area contributed by atoms with Gasteiger partial charge in [-0.25, -0.2) is 0 Å². The monoisotopic (exact) mass is 294 g/mol. The predicted molar refractivity (Wildman–Crippen MR) is 87.7 cm³/mol. The summed E-state index contributed by atoms with van der Waals surface area (Å²) in [6.45, 7) is 4.50. The molecule has 2 rings (SSSR count). The number of piperidine rings is 1. The highest BCUT2D eigenvalue weighted by atomic mass is 32.2.